The molecule has 0 spiro atoms. The number of thiazole rings is 1. The molecule has 2 aromatic heterocycles. The van der Waals surface area contributed by atoms with Gasteiger partial charge in [0.2, 0.25) is 0 Å². The van der Waals surface area contributed by atoms with Gasteiger partial charge < -0.3 is 23.7 Å². The molecule has 3 heterocycles. The number of carbonyl (C=O) groups is 2. The number of carbonyl (C=O) groups excluding carboxylic acids is 1. The van der Waals surface area contributed by atoms with E-state index in [1.54, 1.807) is 69.3 Å². The van der Waals surface area contributed by atoms with Crippen molar-refractivity contribution in [2.24, 2.45) is 4.99 Å². The number of hydrogen-bond acceptors (Lipinski definition) is 9. The van der Waals surface area contributed by atoms with Gasteiger partial charge in [0.1, 0.15) is 29.1 Å². The number of aromatic carboxylic acids is 1. The summed E-state index contributed by atoms with van der Waals surface area (Å²) in [6, 6.07) is 12.6. The van der Waals surface area contributed by atoms with Crippen molar-refractivity contribution in [1.29, 1.82) is 0 Å². The van der Waals surface area contributed by atoms with Crippen LogP contribution in [0.1, 0.15) is 47.1 Å². The first-order valence-corrected chi connectivity index (χ1v) is 13.8. The van der Waals surface area contributed by atoms with E-state index in [4.69, 9.17) is 18.6 Å². The van der Waals surface area contributed by atoms with E-state index in [0.717, 1.165) is 11.1 Å². The second kappa shape index (κ2) is 11.5. The molecule has 216 valence electrons. The fraction of sp³-hybridized carbons (Fsp3) is 0.226. The van der Waals surface area contributed by atoms with Crippen LogP contribution in [0.4, 0.5) is 0 Å². The fourth-order valence-electron chi connectivity index (χ4n) is 4.91. The van der Waals surface area contributed by atoms with Crippen LogP contribution in [0.3, 0.4) is 0 Å². The van der Waals surface area contributed by atoms with Crippen LogP contribution in [0.5, 0.6) is 11.5 Å². The summed E-state index contributed by atoms with van der Waals surface area (Å²) in [7, 11) is 3.05. The van der Waals surface area contributed by atoms with Gasteiger partial charge in [0.25, 0.3) is 5.56 Å². The van der Waals surface area contributed by atoms with Gasteiger partial charge in [-0.25, -0.2) is 14.6 Å². The topological polar surface area (TPSA) is 130 Å². The molecule has 5 rings (SSSR count). The average Bonchev–Trinajstić information content (AvgIpc) is 3.55. The molecule has 2 aromatic carbocycles. The number of methoxy groups -OCH3 is 2. The number of aromatic nitrogens is 1. The van der Waals surface area contributed by atoms with Crippen molar-refractivity contribution in [2.45, 2.75) is 26.8 Å². The predicted molar refractivity (Wildman–Crippen MR) is 156 cm³/mol. The summed E-state index contributed by atoms with van der Waals surface area (Å²) in [5.41, 5.74) is 2.54. The summed E-state index contributed by atoms with van der Waals surface area (Å²) in [4.78, 5) is 43.4. The number of aryl methyl sites for hydroxylation is 1. The smallest absolute Gasteiger partial charge is 0.338 e. The SMILES string of the molecule is CCOC(=O)C1=C(C)N=c2s/c(=C\c3ccc(-c4ccc(C(=O)O)cc4C)o3)c(=O)n2[C@H]1c1ccc(OC)cc1OC. The van der Waals surface area contributed by atoms with Crippen molar-refractivity contribution >= 4 is 29.4 Å². The first kappa shape index (κ1) is 28.6. The molecule has 1 N–H and O–H groups in total. The number of esters is 1. The zero-order valence-corrected chi connectivity index (χ0v) is 24.4. The number of nitrogens with zero attached hydrogens (tertiary/aromatic N) is 2. The van der Waals surface area contributed by atoms with E-state index in [0.29, 0.717) is 43.6 Å². The molecule has 0 saturated carbocycles. The Balaban J connectivity index is 1.64. The van der Waals surface area contributed by atoms with Crippen LogP contribution in [0.25, 0.3) is 17.4 Å². The van der Waals surface area contributed by atoms with Gasteiger partial charge in [0.05, 0.1) is 42.2 Å². The summed E-state index contributed by atoms with van der Waals surface area (Å²) in [6.45, 7) is 5.39. The molecule has 10 nitrogen and oxygen atoms in total. The van der Waals surface area contributed by atoms with Crippen LogP contribution in [0.2, 0.25) is 0 Å². The van der Waals surface area contributed by atoms with Gasteiger partial charge in [-0.1, -0.05) is 17.4 Å². The van der Waals surface area contributed by atoms with Gasteiger partial charge in [-0.2, -0.15) is 0 Å². The third-order valence-corrected chi connectivity index (χ3v) is 7.87. The molecular weight excluding hydrogens is 560 g/mol. The summed E-state index contributed by atoms with van der Waals surface area (Å²) in [5.74, 6) is 0.373. The van der Waals surface area contributed by atoms with E-state index < -0.39 is 18.0 Å². The Morgan fingerprint density at radius 2 is 1.88 bits per heavy atom. The minimum atomic E-state index is -1.01. The van der Waals surface area contributed by atoms with Crippen LogP contribution >= 0.6 is 11.3 Å². The zero-order valence-electron chi connectivity index (χ0n) is 23.6. The van der Waals surface area contributed by atoms with Crippen molar-refractivity contribution in [2.75, 3.05) is 20.8 Å². The zero-order chi connectivity index (χ0) is 30.1. The first-order chi connectivity index (χ1) is 20.2. The molecule has 0 aliphatic carbocycles. The van der Waals surface area contributed by atoms with E-state index in [-0.39, 0.29) is 23.3 Å². The van der Waals surface area contributed by atoms with Gasteiger partial charge >= 0.3 is 11.9 Å². The molecule has 4 aromatic rings. The number of rotatable bonds is 8. The highest BCUT2D eigenvalue weighted by Gasteiger charge is 2.35. The van der Waals surface area contributed by atoms with Gasteiger partial charge in [-0.05, 0) is 62.7 Å². The Labute approximate surface area is 244 Å². The van der Waals surface area contributed by atoms with Crippen LogP contribution in [0, 0.1) is 6.92 Å². The predicted octanol–water partition coefficient (Wildman–Crippen LogP) is 4.08. The quantitative estimate of drug-likeness (QED) is 0.305. The van der Waals surface area contributed by atoms with E-state index in [9.17, 15) is 19.5 Å². The molecule has 0 fully saturated rings. The third-order valence-electron chi connectivity index (χ3n) is 6.89. The Hall–Kier alpha value is -4.90. The maximum Gasteiger partial charge on any atom is 0.338 e. The lowest BCUT2D eigenvalue weighted by atomic mass is 9.95. The molecule has 0 amide bonds. The number of allylic oxidation sites excluding steroid dienone is 1. The Morgan fingerprint density at radius 3 is 2.55 bits per heavy atom. The monoisotopic (exact) mass is 588 g/mol. The Bertz CT molecular complexity index is 1930. The van der Waals surface area contributed by atoms with E-state index in [1.165, 1.54) is 36.2 Å². The molecule has 11 heteroatoms. The summed E-state index contributed by atoms with van der Waals surface area (Å²) in [5, 5.41) is 9.26. The lowest BCUT2D eigenvalue weighted by Gasteiger charge is -2.26. The van der Waals surface area contributed by atoms with Gasteiger partial charge in [-0.15, -0.1) is 0 Å². The summed E-state index contributed by atoms with van der Waals surface area (Å²) >= 11 is 1.17. The highest BCUT2D eigenvalue weighted by molar-refractivity contribution is 7.07. The van der Waals surface area contributed by atoms with Gasteiger partial charge in [0.15, 0.2) is 4.80 Å². The molecule has 0 radical (unpaired) electrons. The maximum absolute atomic E-state index is 13.9. The third kappa shape index (κ3) is 5.14. The minimum absolute atomic E-state index is 0.159. The van der Waals surface area contributed by atoms with Crippen LogP contribution in [-0.4, -0.2) is 42.4 Å². The number of hydrogen-bond donors (Lipinski definition) is 1. The number of carboxylic acid groups (broad SMARTS) is 1. The second-order valence-corrected chi connectivity index (χ2v) is 10.5. The maximum atomic E-state index is 13.9. The highest BCUT2D eigenvalue weighted by Crippen LogP contribution is 2.37. The molecule has 1 atom stereocenters. The number of furan rings is 1. The van der Waals surface area contributed by atoms with E-state index >= 15 is 0 Å². The molecular formula is C31H28N2O8S. The van der Waals surface area contributed by atoms with Crippen molar-refractivity contribution in [1.82, 2.24) is 4.57 Å². The average molecular weight is 589 g/mol. The molecule has 0 unspecified atom stereocenters. The van der Waals surface area contributed by atoms with Crippen molar-refractivity contribution in [3.8, 4) is 22.8 Å². The summed E-state index contributed by atoms with van der Waals surface area (Å²) < 4.78 is 24.2. The molecule has 0 saturated heterocycles. The molecule has 1 aliphatic heterocycles. The Morgan fingerprint density at radius 1 is 1.10 bits per heavy atom. The number of benzene rings is 2. The Kier molecular flexibility index (Phi) is 7.86. The van der Waals surface area contributed by atoms with Gasteiger partial charge in [-0.3, -0.25) is 9.36 Å². The molecule has 42 heavy (non-hydrogen) atoms. The fourth-order valence-corrected chi connectivity index (χ4v) is 5.93. The summed E-state index contributed by atoms with van der Waals surface area (Å²) in [6.07, 6.45) is 1.62. The standard InChI is InChI=1S/C31H28N2O8S/c1-6-40-30(37)26-17(3)32-31-33(27(26)22-11-8-19(38-4)14-24(22)39-5)28(34)25(42-31)15-20-9-12-23(41-20)21-10-7-18(29(35)36)13-16(21)2/h7-15,27H,6H2,1-5H3,(H,35,36)/b25-15-/t27-/m0/s1. The minimum Gasteiger partial charge on any atom is -0.497 e. The first-order valence-electron chi connectivity index (χ1n) is 13.0. The number of fused-ring (bicyclic) bond motifs is 1. The van der Waals surface area contributed by atoms with Crippen molar-refractivity contribution in [3.05, 3.63) is 102 Å². The van der Waals surface area contributed by atoms with Crippen LogP contribution < -0.4 is 24.4 Å². The molecule has 1 aliphatic rings. The number of ether oxygens (including phenoxy) is 3. The highest BCUT2D eigenvalue weighted by atomic mass is 32.1. The van der Waals surface area contributed by atoms with E-state index in [2.05, 4.69) is 4.99 Å². The van der Waals surface area contributed by atoms with Crippen molar-refractivity contribution in [3.63, 3.8) is 0 Å². The van der Waals surface area contributed by atoms with E-state index in [1.807, 2.05) is 0 Å². The van der Waals surface area contributed by atoms with Crippen LogP contribution in [-0.2, 0) is 9.53 Å². The molecule has 0 bridgehead atoms. The van der Waals surface area contributed by atoms with Crippen LogP contribution in [0.15, 0.2) is 74.0 Å². The van der Waals surface area contributed by atoms with Crippen molar-refractivity contribution < 1.29 is 33.3 Å². The number of carboxylic acids is 1. The lowest BCUT2D eigenvalue weighted by Crippen LogP contribution is -2.40. The normalized spacial score (nSPS) is 14.8. The van der Waals surface area contributed by atoms with Gasteiger partial charge in [0, 0.05) is 23.3 Å². The lowest BCUT2D eigenvalue weighted by molar-refractivity contribution is -0.139. The largest absolute Gasteiger partial charge is 0.497 e. The second-order valence-electron chi connectivity index (χ2n) is 9.45.